The minimum Gasteiger partial charge on any atom is -0.506 e. The molecule has 0 saturated heterocycles. The van der Waals surface area contributed by atoms with Gasteiger partial charge in [0.15, 0.2) is 0 Å². The van der Waals surface area contributed by atoms with Crippen LogP contribution in [0.4, 0.5) is 5.69 Å². The third-order valence-electron chi connectivity index (χ3n) is 2.62. The SMILES string of the molecule is Cc1cc(C(=O)Nc2ccc(Cl)c(O)c2)ccc1Cl. The van der Waals surface area contributed by atoms with E-state index in [0.29, 0.717) is 16.3 Å². The van der Waals surface area contributed by atoms with Gasteiger partial charge in [-0.3, -0.25) is 4.79 Å². The molecule has 98 valence electrons. The van der Waals surface area contributed by atoms with Crippen LogP contribution < -0.4 is 5.32 Å². The lowest BCUT2D eigenvalue weighted by Crippen LogP contribution is -2.11. The molecule has 2 N–H and O–H groups in total. The van der Waals surface area contributed by atoms with Gasteiger partial charge in [-0.1, -0.05) is 23.2 Å². The van der Waals surface area contributed by atoms with E-state index < -0.39 is 0 Å². The minimum absolute atomic E-state index is 0.0771. The molecule has 3 nitrogen and oxygen atoms in total. The zero-order chi connectivity index (χ0) is 14.0. The van der Waals surface area contributed by atoms with E-state index in [1.807, 2.05) is 6.92 Å². The number of phenolic OH excluding ortho intramolecular Hbond substituents is 1. The molecule has 0 heterocycles. The molecule has 5 heteroatoms. The van der Waals surface area contributed by atoms with Crippen LogP contribution in [-0.4, -0.2) is 11.0 Å². The Balaban J connectivity index is 2.20. The molecule has 0 bridgehead atoms. The summed E-state index contributed by atoms with van der Waals surface area (Å²) in [5, 5.41) is 13.0. The summed E-state index contributed by atoms with van der Waals surface area (Å²) >= 11 is 11.6. The summed E-state index contributed by atoms with van der Waals surface area (Å²) in [6.45, 7) is 1.83. The van der Waals surface area contributed by atoms with Crippen molar-refractivity contribution in [3.8, 4) is 5.75 Å². The molecular weight excluding hydrogens is 285 g/mol. The highest BCUT2D eigenvalue weighted by atomic mass is 35.5. The number of benzene rings is 2. The van der Waals surface area contributed by atoms with Gasteiger partial charge in [0.05, 0.1) is 5.02 Å². The molecule has 0 aromatic heterocycles. The summed E-state index contributed by atoms with van der Waals surface area (Å²) in [6.07, 6.45) is 0. The topological polar surface area (TPSA) is 49.3 Å². The molecule has 2 aromatic rings. The number of carbonyl (C=O) groups excluding carboxylic acids is 1. The fourth-order valence-corrected chi connectivity index (χ4v) is 1.81. The molecule has 1 amide bonds. The predicted octanol–water partition coefficient (Wildman–Crippen LogP) is 4.26. The van der Waals surface area contributed by atoms with Crippen LogP contribution in [0.15, 0.2) is 36.4 Å². The van der Waals surface area contributed by atoms with Crippen molar-refractivity contribution in [2.75, 3.05) is 5.32 Å². The van der Waals surface area contributed by atoms with Crippen molar-refractivity contribution in [3.63, 3.8) is 0 Å². The van der Waals surface area contributed by atoms with Crippen LogP contribution in [0.25, 0.3) is 0 Å². The van der Waals surface area contributed by atoms with E-state index in [9.17, 15) is 9.90 Å². The zero-order valence-corrected chi connectivity index (χ0v) is 11.6. The highest BCUT2D eigenvalue weighted by molar-refractivity contribution is 6.32. The average molecular weight is 296 g/mol. The average Bonchev–Trinajstić information content (AvgIpc) is 2.37. The molecule has 0 aliphatic rings. The number of amides is 1. The second-order valence-corrected chi connectivity index (χ2v) is 4.90. The van der Waals surface area contributed by atoms with Gasteiger partial charge in [0, 0.05) is 22.3 Å². The number of nitrogens with one attached hydrogen (secondary N) is 1. The molecule has 0 atom stereocenters. The van der Waals surface area contributed by atoms with Crippen LogP contribution in [0.3, 0.4) is 0 Å². The fraction of sp³-hybridized carbons (Fsp3) is 0.0714. The van der Waals surface area contributed by atoms with Gasteiger partial charge in [-0.2, -0.15) is 0 Å². The maximum Gasteiger partial charge on any atom is 0.255 e. The Hall–Kier alpha value is -1.71. The Kier molecular flexibility index (Phi) is 3.98. The van der Waals surface area contributed by atoms with Crippen LogP contribution in [0.1, 0.15) is 15.9 Å². The molecule has 19 heavy (non-hydrogen) atoms. The van der Waals surface area contributed by atoms with Gasteiger partial charge in [-0.25, -0.2) is 0 Å². The van der Waals surface area contributed by atoms with Crippen molar-refractivity contribution in [2.24, 2.45) is 0 Å². The molecule has 0 saturated carbocycles. The summed E-state index contributed by atoms with van der Waals surface area (Å²) in [4.78, 5) is 12.0. The first-order valence-electron chi connectivity index (χ1n) is 5.53. The minimum atomic E-state index is -0.276. The highest BCUT2D eigenvalue weighted by Gasteiger charge is 2.08. The number of carbonyl (C=O) groups is 1. The maximum atomic E-state index is 12.0. The lowest BCUT2D eigenvalue weighted by molar-refractivity contribution is 0.102. The van der Waals surface area contributed by atoms with Gasteiger partial charge in [0.1, 0.15) is 5.75 Å². The normalized spacial score (nSPS) is 10.3. The summed E-state index contributed by atoms with van der Waals surface area (Å²) in [6, 6.07) is 9.53. The number of phenols is 1. The van der Waals surface area contributed by atoms with Crippen LogP contribution >= 0.6 is 23.2 Å². The maximum absolute atomic E-state index is 12.0. The van der Waals surface area contributed by atoms with E-state index in [-0.39, 0.29) is 16.7 Å². The molecular formula is C14H11Cl2NO2. The molecule has 0 radical (unpaired) electrons. The van der Waals surface area contributed by atoms with Crippen molar-refractivity contribution in [1.29, 1.82) is 0 Å². The lowest BCUT2D eigenvalue weighted by Gasteiger charge is -2.07. The Labute approximate surface area is 120 Å². The second-order valence-electron chi connectivity index (χ2n) is 4.08. The number of anilines is 1. The van der Waals surface area contributed by atoms with Gasteiger partial charge in [0.2, 0.25) is 0 Å². The molecule has 0 aliphatic carbocycles. The number of aryl methyl sites for hydroxylation is 1. The number of aromatic hydroxyl groups is 1. The molecule has 0 spiro atoms. The standard InChI is InChI=1S/C14H11Cl2NO2/c1-8-6-9(2-4-11(8)15)14(19)17-10-3-5-12(16)13(18)7-10/h2-7,18H,1H3,(H,17,19). The smallest absolute Gasteiger partial charge is 0.255 e. The third kappa shape index (κ3) is 3.19. The molecule has 2 aromatic carbocycles. The van der Waals surface area contributed by atoms with E-state index in [4.69, 9.17) is 23.2 Å². The first-order chi connectivity index (χ1) is 8.97. The Bertz CT molecular complexity index is 641. The van der Waals surface area contributed by atoms with Gasteiger partial charge >= 0.3 is 0 Å². The van der Waals surface area contributed by atoms with Crippen molar-refractivity contribution in [1.82, 2.24) is 0 Å². The van der Waals surface area contributed by atoms with Crippen molar-refractivity contribution in [2.45, 2.75) is 6.92 Å². The summed E-state index contributed by atoms with van der Waals surface area (Å²) in [5.41, 5.74) is 1.80. The first-order valence-corrected chi connectivity index (χ1v) is 6.29. The second kappa shape index (κ2) is 5.51. The summed E-state index contributed by atoms with van der Waals surface area (Å²) in [5.74, 6) is -0.353. The number of hydrogen-bond donors (Lipinski definition) is 2. The quantitative estimate of drug-likeness (QED) is 0.870. The van der Waals surface area contributed by atoms with Crippen molar-refractivity contribution < 1.29 is 9.90 Å². The Morgan fingerprint density at radius 2 is 1.79 bits per heavy atom. The zero-order valence-electron chi connectivity index (χ0n) is 10.1. The van der Waals surface area contributed by atoms with E-state index in [1.54, 1.807) is 24.3 Å². The summed E-state index contributed by atoms with van der Waals surface area (Å²) < 4.78 is 0. The summed E-state index contributed by atoms with van der Waals surface area (Å²) in [7, 11) is 0. The highest BCUT2D eigenvalue weighted by Crippen LogP contribution is 2.26. The van der Waals surface area contributed by atoms with Gasteiger partial charge in [0.25, 0.3) is 5.91 Å². The van der Waals surface area contributed by atoms with Crippen LogP contribution in [-0.2, 0) is 0 Å². The van der Waals surface area contributed by atoms with Crippen molar-refractivity contribution in [3.05, 3.63) is 57.6 Å². The lowest BCUT2D eigenvalue weighted by atomic mass is 10.1. The third-order valence-corrected chi connectivity index (χ3v) is 3.37. The number of halogens is 2. The first kappa shape index (κ1) is 13.7. The van der Waals surface area contributed by atoms with Crippen LogP contribution in [0.5, 0.6) is 5.75 Å². The number of hydrogen-bond acceptors (Lipinski definition) is 2. The van der Waals surface area contributed by atoms with E-state index in [2.05, 4.69) is 5.32 Å². The Morgan fingerprint density at radius 1 is 1.11 bits per heavy atom. The van der Waals surface area contributed by atoms with E-state index in [1.165, 1.54) is 12.1 Å². The Morgan fingerprint density at radius 3 is 2.42 bits per heavy atom. The predicted molar refractivity (Wildman–Crippen MR) is 77.3 cm³/mol. The van der Waals surface area contributed by atoms with Crippen molar-refractivity contribution >= 4 is 34.8 Å². The van der Waals surface area contributed by atoms with Gasteiger partial charge < -0.3 is 10.4 Å². The van der Waals surface area contributed by atoms with E-state index >= 15 is 0 Å². The van der Waals surface area contributed by atoms with Gasteiger partial charge in [-0.15, -0.1) is 0 Å². The largest absolute Gasteiger partial charge is 0.506 e. The monoisotopic (exact) mass is 295 g/mol. The van der Waals surface area contributed by atoms with Crippen LogP contribution in [0.2, 0.25) is 10.0 Å². The van der Waals surface area contributed by atoms with E-state index in [0.717, 1.165) is 5.56 Å². The fourth-order valence-electron chi connectivity index (χ4n) is 1.58. The van der Waals surface area contributed by atoms with Crippen LogP contribution in [0, 0.1) is 6.92 Å². The molecule has 0 aliphatic heterocycles. The number of rotatable bonds is 2. The molecule has 0 unspecified atom stereocenters. The molecule has 2 rings (SSSR count). The van der Waals surface area contributed by atoms with Gasteiger partial charge in [-0.05, 0) is 42.8 Å². The molecule has 0 fully saturated rings.